The van der Waals surface area contributed by atoms with E-state index in [0.717, 1.165) is 28.4 Å². The third kappa shape index (κ3) is 3.57. The third-order valence-electron chi connectivity index (χ3n) is 5.30. The van der Waals surface area contributed by atoms with Gasteiger partial charge in [0.2, 0.25) is 0 Å². The molecule has 0 saturated heterocycles. The fourth-order valence-corrected chi connectivity index (χ4v) is 3.61. The highest BCUT2D eigenvalue weighted by Crippen LogP contribution is 2.53. The number of hydrogen-bond acceptors (Lipinski definition) is 3. The second-order valence-electron chi connectivity index (χ2n) is 7.54. The van der Waals surface area contributed by atoms with E-state index in [9.17, 15) is 26.7 Å². The van der Waals surface area contributed by atoms with Crippen LogP contribution in [0.4, 0.5) is 32.4 Å². The number of halogens is 5. The number of fused-ring (bicyclic) bond motifs is 1. The van der Waals surface area contributed by atoms with Crippen molar-refractivity contribution in [3.8, 4) is 28.1 Å². The first kappa shape index (κ1) is 21.6. The van der Waals surface area contributed by atoms with Gasteiger partial charge in [-0.05, 0) is 48.0 Å². The van der Waals surface area contributed by atoms with Crippen molar-refractivity contribution in [2.24, 2.45) is 0 Å². The average molecular weight is 471 g/mol. The zero-order chi connectivity index (χ0) is 24.1. The molecule has 0 unspecified atom stereocenters. The maximum atomic E-state index is 14.0. The van der Waals surface area contributed by atoms with Crippen LogP contribution in [0.1, 0.15) is 5.56 Å². The van der Waals surface area contributed by atoms with Crippen LogP contribution < -0.4 is 10.1 Å². The van der Waals surface area contributed by atoms with Gasteiger partial charge < -0.3 is 10.1 Å². The first-order valence-electron chi connectivity index (χ1n) is 9.97. The normalized spacial score (nSPS) is 15.4. The summed E-state index contributed by atoms with van der Waals surface area (Å²) in [4.78, 5) is 12.8. The largest absolute Gasteiger partial charge is 0.469 e. The first-order chi connectivity index (χ1) is 16.2. The molecular formula is C24H14F5N3O2. The van der Waals surface area contributed by atoms with Crippen molar-refractivity contribution >= 4 is 11.7 Å². The number of carbonyl (C=O) groups excluding carboxylic acids is 1. The van der Waals surface area contributed by atoms with E-state index in [2.05, 4.69) is 15.2 Å². The lowest BCUT2D eigenvalue weighted by Crippen LogP contribution is -2.37. The second kappa shape index (κ2) is 7.68. The van der Waals surface area contributed by atoms with Gasteiger partial charge in [-0.2, -0.15) is 27.3 Å². The van der Waals surface area contributed by atoms with Crippen molar-refractivity contribution < 1.29 is 31.5 Å². The molecule has 5 nitrogen and oxygen atoms in total. The van der Waals surface area contributed by atoms with Gasteiger partial charge in [0.15, 0.2) is 0 Å². The minimum atomic E-state index is -4.69. The zero-order valence-corrected chi connectivity index (χ0v) is 17.1. The molecule has 3 aromatic carbocycles. The van der Waals surface area contributed by atoms with Gasteiger partial charge in [0.1, 0.15) is 17.3 Å². The number of benzene rings is 3. The molecule has 1 amide bonds. The van der Waals surface area contributed by atoms with Gasteiger partial charge >= 0.3 is 18.1 Å². The van der Waals surface area contributed by atoms with Crippen LogP contribution in [0.25, 0.3) is 22.4 Å². The van der Waals surface area contributed by atoms with E-state index in [-0.39, 0.29) is 5.69 Å². The summed E-state index contributed by atoms with van der Waals surface area (Å²) in [6, 6.07) is 16.5. The standard InChI is InChI=1S/C24H14F5N3O2/c25-16-8-6-15(7-9-16)21-18(14-4-2-1-3-5-14)13-32(31-21)22(33)30-17-10-11-20-19(12-17)23(26,27)24(28,29)34-20/h1-13H,(H,30,33). The Bertz CT molecular complexity index is 1390. The molecule has 10 heteroatoms. The molecule has 5 rings (SSSR count). The lowest BCUT2D eigenvalue weighted by atomic mass is 10.0. The van der Waals surface area contributed by atoms with Crippen LogP contribution in [0.2, 0.25) is 0 Å². The average Bonchev–Trinajstić information content (AvgIpc) is 3.33. The Balaban J connectivity index is 1.49. The summed E-state index contributed by atoms with van der Waals surface area (Å²) < 4.78 is 73.3. The molecule has 1 aromatic heterocycles. The van der Waals surface area contributed by atoms with Crippen LogP contribution >= 0.6 is 0 Å². The smallest absolute Gasteiger partial charge is 0.427 e. The number of ether oxygens (including phenoxy) is 1. The van der Waals surface area contributed by atoms with Crippen molar-refractivity contribution in [1.82, 2.24) is 9.78 Å². The summed E-state index contributed by atoms with van der Waals surface area (Å²) in [7, 11) is 0. The van der Waals surface area contributed by atoms with E-state index in [1.165, 1.54) is 30.5 Å². The van der Waals surface area contributed by atoms with E-state index in [1.807, 2.05) is 6.07 Å². The topological polar surface area (TPSA) is 56.1 Å². The van der Waals surface area contributed by atoms with E-state index in [0.29, 0.717) is 16.8 Å². The first-order valence-corrected chi connectivity index (χ1v) is 9.97. The van der Waals surface area contributed by atoms with E-state index in [4.69, 9.17) is 0 Å². The van der Waals surface area contributed by atoms with Crippen LogP contribution in [0.5, 0.6) is 5.75 Å². The summed E-state index contributed by atoms with van der Waals surface area (Å²) in [5.74, 6) is -5.66. The van der Waals surface area contributed by atoms with Crippen molar-refractivity contribution in [3.05, 3.63) is 90.4 Å². The molecule has 172 valence electrons. The Morgan fingerprint density at radius 2 is 1.62 bits per heavy atom. The maximum Gasteiger partial charge on any atom is 0.469 e. The van der Waals surface area contributed by atoms with Crippen molar-refractivity contribution in [2.75, 3.05) is 5.32 Å². The summed E-state index contributed by atoms with van der Waals surface area (Å²) in [6.45, 7) is 0. The molecule has 0 spiro atoms. The number of nitrogens with one attached hydrogen (secondary N) is 1. The van der Waals surface area contributed by atoms with E-state index >= 15 is 0 Å². The molecule has 2 heterocycles. The number of aromatic nitrogens is 2. The number of nitrogens with zero attached hydrogens (tertiary/aromatic N) is 2. The lowest BCUT2D eigenvalue weighted by molar-refractivity contribution is -0.296. The highest BCUT2D eigenvalue weighted by atomic mass is 19.3. The number of alkyl halides is 4. The predicted molar refractivity (Wildman–Crippen MR) is 113 cm³/mol. The van der Waals surface area contributed by atoms with Gasteiger partial charge in [0, 0.05) is 23.0 Å². The number of hydrogen-bond donors (Lipinski definition) is 1. The molecule has 1 aliphatic rings. The van der Waals surface area contributed by atoms with Crippen molar-refractivity contribution in [2.45, 2.75) is 12.0 Å². The Kier molecular flexibility index (Phi) is 4.89. The third-order valence-corrected chi connectivity index (χ3v) is 5.30. The fraction of sp³-hybridized carbons (Fsp3) is 0.0833. The predicted octanol–water partition coefficient (Wildman–Crippen LogP) is 6.51. The van der Waals surface area contributed by atoms with E-state index < -0.39 is 35.2 Å². The highest BCUT2D eigenvalue weighted by molar-refractivity contribution is 5.93. The molecule has 34 heavy (non-hydrogen) atoms. The fourth-order valence-electron chi connectivity index (χ4n) is 3.61. The molecule has 0 fully saturated rings. The quantitative estimate of drug-likeness (QED) is 0.347. The van der Waals surface area contributed by atoms with Crippen LogP contribution in [0.3, 0.4) is 0 Å². The summed E-state index contributed by atoms with van der Waals surface area (Å²) in [6.07, 6.45) is -3.25. The maximum absolute atomic E-state index is 14.0. The van der Waals surface area contributed by atoms with Crippen molar-refractivity contribution in [1.29, 1.82) is 0 Å². The Morgan fingerprint density at radius 3 is 2.32 bits per heavy atom. The number of carbonyl (C=O) groups is 1. The molecular weight excluding hydrogens is 457 g/mol. The van der Waals surface area contributed by atoms with Gasteiger partial charge in [-0.25, -0.2) is 9.18 Å². The summed E-state index contributed by atoms with van der Waals surface area (Å²) in [5.41, 5.74) is 1.05. The number of anilines is 1. The highest BCUT2D eigenvalue weighted by Gasteiger charge is 2.66. The molecule has 4 aromatic rings. The van der Waals surface area contributed by atoms with Gasteiger partial charge in [-0.1, -0.05) is 30.3 Å². The molecule has 0 aliphatic carbocycles. The molecule has 0 atom stereocenters. The molecule has 1 N–H and O–H groups in total. The molecule has 1 aliphatic heterocycles. The summed E-state index contributed by atoms with van der Waals surface area (Å²) >= 11 is 0. The minimum Gasteiger partial charge on any atom is -0.427 e. The second-order valence-corrected chi connectivity index (χ2v) is 7.54. The monoisotopic (exact) mass is 471 g/mol. The van der Waals surface area contributed by atoms with Crippen LogP contribution in [0, 0.1) is 5.82 Å². The van der Waals surface area contributed by atoms with Crippen LogP contribution in [-0.2, 0) is 5.92 Å². The minimum absolute atomic E-state index is 0.148. The van der Waals surface area contributed by atoms with Crippen LogP contribution in [-0.4, -0.2) is 21.9 Å². The van der Waals surface area contributed by atoms with Gasteiger partial charge in [0.25, 0.3) is 0 Å². The molecule has 0 bridgehead atoms. The van der Waals surface area contributed by atoms with Crippen LogP contribution in [0.15, 0.2) is 79.0 Å². The van der Waals surface area contributed by atoms with Gasteiger partial charge in [-0.15, -0.1) is 0 Å². The number of amides is 1. The SMILES string of the molecule is O=C(Nc1ccc2c(c1)C(F)(F)C(F)(F)O2)n1cc(-c2ccccc2)c(-c2ccc(F)cc2)n1. The van der Waals surface area contributed by atoms with Gasteiger partial charge in [-0.3, -0.25) is 0 Å². The van der Waals surface area contributed by atoms with Crippen molar-refractivity contribution in [3.63, 3.8) is 0 Å². The summed E-state index contributed by atoms with van der Waals surface area (Å²) in [5, 5.41) is 6.67. The Labute approximate surface area is 189 Å². The van der Waals surface area contributed by atoms with Gasteiger partial charge in [0.05, 0.1) is 5.56 Å². The molecule has 0 saturated carbocycles. The molecule has 0 radical (unpaired) electrons. The zero-order valence-electron chi connectivity index (χ0n) is 17.1. The number of rotatable bonds is 3. The Hall–Kier alpha value is -4.21. The van der Waals surface area contributed by atoms with E-state index in [1.54, 1.807) is 24.3 Å². The Morgan fingerprint density at radius 1 is 0.912 bits per heavy atom. The lowest BCUT2D eigenvalue weighted by Gasteiger charge is -2.16.